The largest absolute Gasteiger partial charge is 0.453 e. The third-order valence-corrected chi connectivity index (χ3v) is 3.54. The van der Waals surface area contributed by atoms with Crippen LogP contribution in [0.5, 0.6) is 0 Å². The van der Waals surface area contributed by atoms with Crippen LogP contribution in [0.4, 0.5) is 0 Å². The average molecular weight is 246 g/mol. The van der Waals surface area contributed by atoms with E-state index in [9.17, 15) is 4.79 Å². The van der Waals surface area contributed by atoms with E-state index in [4.69, 9.17) is 4.42 Å². The van der Waals surface area contributed by atoms with Crippen LogP contribution in [0.3, 0.4) is 0 Å². The van der Waals surface area contributed by atoms with E-state index in [1.54, 1.807) is 6.07 Å². The highest BCUT2D eigenvalue weighted by molar-refractivity contribution is 6.15. The van der Waals surface area contributed by atoms with Gasteiger partial charge in [0.1, 0.15) is 5.58 Å². The molecule has 0 fully saturated rings. The van der Waals surface area contributed by atoms with E-state index in [1.165, 1.54) is 10.8 Å². The van der Waals surface area contributed by atoms with Gasteiger partial charge in [-0.2, -0.15) is 0 Å². The minimum atomic E-state index is 0.371. The van der Waals surface area contributed by atoms with E-state index < -0.39 is 0 Å². The lowest BCUT2D eigenvalue weighted by atomic mass is 10.0. The van der Waals surface area contributed by atoms with Crippen LogP contribution in [0.2, 0.25) is 0 Å². The lowest BCUT2D eigenvalue weighted by Crippen LogP contribution is -1.77. The van der Waals surface area contributed by atoms with Gasteiger partial charge in [-0.3, -0.25) is 4.79 Å². The van der Waals surface area contributed by atoms with E-state index in [0.29, 0.717) is 5.76 Å². The summed E-state index contributed by atoms with van der Waals surface area (Å²) in [6.07, 6.45) is 0.743. The lowest BCUT2D eigenvalue weighted by Gasteiger charge is -2.03. The summed E-state index contributed by atoms with van der Waals surface area (Å²) in [5.41, 5.74) is 0.783. The molecule has 3 aromatic carbocycles. The van der Waals surface area contributed by atoms with Gasteiger partial charge < -0.3 is 4.42 Å². The molecule has 0 amide bonds. The molecule has 0 bridgehead atoms. The Bertz CT molecular complexity index is 932. The molecule has 19 heavy (non-hydrogen) atoms. The number of carbonyl (C=O) groups is 1. The van der Waals surface area contributed by atoms with Gasteiger partial charge in [-0.1, -0.05) is 42.5 Å². The average Bonchev–Trinajstić information content (AvgIpc) is 2.90. The quantitative estimate of drug-likeness (QED) is 0.364. The molecule has 90 valence electrons. The first-order chi connectivity index (χ1) is 9.36. The Morgan fingerprint density at radius 3 is 2.47 bits per heavy atom. The maximum Gasteiger partial charge on any atom is 0.185 e. The fraction of sp³-hybridized carbons (Fsp3) is 0. The molecule has 4 aromatic rings. The summed E-state index contributed by atoms with van der Waals surface area (Å²) in [5.74, 6) is 0.371. The van der Waals surface area contributed by atoms with E-state index in [1.807, 2.05) is 18.2 Å². The van der Waals surface area contributed by atoms with Gasteiger partial charge in [0.05, 0.1) is 0 Å². The van der Waals surface area contributed by atoms with Gasteiger partial charge in [0, 0.05) is 10.8 Å². The summed E-state index contributed by atoms with van der Waals surface area (Å²) in [6, 6.07) is 18.3. The van der Waals surface area contributed by atoms with Gasteiger partial charge >= 0.3 is 0 Å². The van der Waals surface area contributed by atoms with Crippen molar-refractivity contribution in [3.05, 3.63) is 60.4 Å². The number of hydrogen-bond acceptors (Lipinski definition) is 2. The molecular formula is C17H10O2. The van der Waals surface area contributed by atoms with Crippen LogP contribution in [-0.4, -0.2) is 6.29 Å². The fourth-order valence-electron chi connectivity index (χ4n) is 2.66. The van der Waals surface area contributed by atoms with Gasteiger partial charge in [-0.15, -0.1) is 0 Å². The normalized spacial score (nSPS) is 11.4. The Balaban J connectivity index is 2.24. The van der Waals surface area contributed by atoms with Crippen molar-refractivity contribution in [1.82, 2.24) is 0 Å². The van der Waals surface area contributed by atoms with Crippen molar-refractivity contribution >= 4 is 38.8 Å². The second kappa shape index (κ2) is 3.69. The Morgan fingerprint density at radius 2 is 1.58 bits per heavy atom. The third kappa shape index (κ3) is 1.40. The molecule has 0 saturated carbocycles. The minimum Gasteiger partial charge on any atom is -0.453 e. The third-order valence-electron chi connectivity index (χ3n) is 3.54. The molecule has 4 rings (SSSR count). The minimum absolute atomic E-state index is 0.371. The molecule has 0 aliphatic carbocycles. The van der Waals surface area contributed by atoms with Crippen molar-refractivity contribution < 1.29 is 9.21 Å². The lowest BCUT2D eigenvalue weighted by molar-refractivity contribution is 0.110. The van der Waals surface area contributed by atoms with Crippen molar-refractivity contribution in [3.8, 4) is 0 Å². The fourth-order valence-corrected chi connectivity index (χ4v) is 2.66. The molecule has 0 N–H and O–H groups in total. The highest BCUT2D eigenvalue weighted by Gasteiger charge is 2.08. The van der Waals surface area contributed by atoms with Crippen molar-refractivity contribution in [2.75, 3.05) is 0 Å². The van der Waals surface area contributed by atoms with E-state index >= 15 is 0 Å². The number of benzene rings is 3. The molecule has 0 radical (unpaired) electrons. The number of furan rings is 1. The second-order valence-corrected chi connectivity index (χ2v) is 4.63. The molecule has 1 heterocycles. The molecule has 2 heteroatoms. The van der Waals surface area contributed by atoms with Crippen LogP contribution < -0.4 is 0 Å². The van der Waals surface area contributed by atoms with Gasteiger partial charge in [0.25, 0.3) is 0 Å². The molecule has 0 saturated heterocycles. The van der Waals surface area contributed by atoms with Crippen LogP contribution in [-0.2, 0) is 0 Å². The summed E-state index contributed by atoms with van der Waals surface area (Å²) in [5, 5.41) is 5.56. The van der Waals surface area contributed by atoms with Crippen molar-refractivity contribution in [3.63, 3.8) is 0 Å². The zero-order valence-electron chi connectivity index (χ0n) is 10.1. The first-order valence-electron chi connectivity index (χ1n) is 6.16. The van der Waals surface area contributed by atoms with E-state index in [2.05, 4.69) is 30.3 Å². The number of hydrogen-bond donors (Lipinski definition) is 0. The maximum atomic E-state index is 10.8. The maximum absolute atomic E-state index is 10.8. The zero-order chi connectivity index (χ0) is 12.8. The van der Waals surface area contributed by atoms with Crippen LogP contribution in [0, 0.1) is 0 Å². The summed E-state index contributed by atoms with van der Waals surface area (Å²) in [7, 11) is 0. The van der Waals surface area contributed by atoms with Crippen LogP contribution in [0.1, 0.15) is 10.6 Å². The first kappa shape index (κ1) is 10.3. The Kier molecular flexibility index (Phi) is 2.00. The Morgan fingerprint density at radius 1 is 0.789 bits per heavy atom. The Labute approximate surface area is 109 Å². The SMILES string of the molecule is O=Cc1cc2ccc3c4ccccc4ccc3c2o1. The number of rotatable bonds is 1. The van der Waals surface area contributed by atoms with Crippen LogP contribution in [0.25, 0.3) is 32.5 Å². The van der Waals surface area contributed by atoms with Gasteiger partial charge in [-0.05, 0) is 28.3 Å². The van der Waals surface area contributed by atoms with Gasteiger partial charge in [0.15, 0.2) is 12.0 Å². The van der Waals surface area contributed by atoms with E-state index in [-0.39, 0.29) is 0 Å². The second-order valence-electron chi connectivity index (χ2n) is 4.63. The predicted molar refractivity (Wildman–Crippen MR) is 76.6 cm³/mol. The summed E-state index contributed by atoms with van der Waals surface area (Å²) < 4.78 is 5.61. The molecule has 0 spiro atoms. The zero-order valence-corrected chi connectivity index (χ0v) is 10.1. The molecule has 0 unspecified atom stereocenters. The number of aldehydes is 1. The van der Waals surface area contributed by atoms with Crippen molar-refractivity contribution in [2.24, 2.45) is 0 Å². The monoisotopic (exact) mass is 246 g/mol. The predicted octanol–water partition coefficient (Wildman–Crippen LogP) is 4.55. The van der Waals surface area contributed by atoms with Crippen LogP contribution in [0.15, 0.2) is 59.0 Å². The number of fused-ring (bicyclic) bond motifs is 5. The topological polar surface area (TPSA) is 30.2 Å². The van der Waals surface area contributed by atoms with Gasteiger partial charge in [-0.25, -0.2) is 0 Å². The summed E-state index contributed by atoms with van der Waals surface area (Å²) in [4.78, 5) is 10.8. The molecule has 0 atom stereocenters. The number of carbonyl (C=O) groups excluding carboxylic acids is 1. The van der Waals surface area contributed by atoms with E-state index in [0.717, 1.165) is 28.0 Å². The highest BCUT2D eigenvalue weighted by atomic mass is 16.3. The smallest absolute Gasteiger partial charge is 0.185 e. The molecule has 1 aromatic heterocycles. The molecule has 0 aliphatic heterocycles. The summed E-state index contributed by atoms with van der Waals surface area (Å²) >= 11 is 0. The standard InChI is InChI=1S/C17H10O2/c18-10-13-9-12-6-7-15-14-4-2-1-3-11(14)5-8-16(15)17(12)19-13/h1-10H. The molecule has 0 aliphatic rings. The van der Waals surface area contributed by atoms with Gasteiger partial charge in [0.2, 0.25) is 0 Å². The Hall–Kier alpha value is -2.61. The van der Waals surface area contributed by atoms with Crippen molar-refractivity contribution in [2.45, 2.75) is 0 Å². The summed E-state index contributed by atoms with van der Waals surface area (Å²) in [6.45, 7) is 0. The first-order valence-corrected chi connectivity index (χ1v) is 6.16. The van der Waals surface area contributed by atoms with Crippen LogP contribution >= 0.6 is 0 Å². The molecule has 2 nitrogen and oxygen atoms in total. The van der Waals surface area contributed by atoms with Crippen molar-refractivity contribution in [1.29, 1.82) is 0 Å². The molecular weight excluding hydrogens is 236 g/mol. The highest BCUT2D eigenvalue weighted by Crippen LogP contribution is 2.32.